The maximum absolute atomic E-state index is 13.0. The molecule has 0 aromatic rings. The summed E-state index contributed by atoms with van der Waals surface area (Å²) in [5, 5.41) is 9.32. The average Bonchev–Trinajstić information content (AvgIpc) is 3.17. The largest absolute Gasteiger partial charge is 0.465 e. The van der Waals surface area contributed by atoms with Crippen LogP contribution < -0.4 is 0 Å². The Bertz CT molecular complexity index is 817. The number of hydrogen-bond donors (Lipinski definition) is 1. The number of unbranched alkanes of at least 4 members (excludes halogenated alkanes) is 21. The van der Waals surface area contributed by atoms with Gasteiger partial charge in [0.1, 0.15) is 0 Å². The molecule has 6 nitrogen and oxygen atoms in total. The molecule has 0 saturated heterocycles. The summed E-state index contributed by atoms with van der Waals surface area (Å²) in [5.74, 6) is 0.228. The molecule has 6 heteroatoms. The first-order chi connectivity index (χ1) is 26.5. The highest BCUT2D eigenvalue weighted by atomic mass is 16.5. The molecule has 0 aliphatic carbocycles. The van der Waals surface area contributed by atoms with Crippen LogP contribution in [0.3, 0.4) is 0 Å². The molecule has 0 fully saturated rings. The van der Waals surface area contributed by atoms with Gasteiger partial charge in [0.25, 0.3) is 0 Å². The Kier molecular flexibility index (Phi) is 41.6. The highest BCUT2D eigenvalue weighted by molar-refractivity contribution is 5.72. The summed E-state index contributed by atoms with van der Waals surface area (Å²) >= 11 is 0. The summed E-state index contributed by atoms with van der Waals surface area (Å²) in [5.41, 5.74) is 0. The van der Waals surface area contributed by atoms with Gasteiger partial charge in [-0.25, -0.2) is 0 Å². The molecule has 0 radical (unpaired) electrons. The molecule has 0 aliphatic heterocycles. The van der Waals surface area contributed by atoms with Crippen molar-refractivity contribution in [3.8, 4) is 0 Å². The van der Waals surface area contributed by atoms with Crippen molar-refractivity contribution >= 4 is 11.9 Å². The zero-order chi connectivity index (χ0) is 39.6. The third kappa shape index (κ3) is 35.0. The van der Waals surface area contributed by atoms with Crippen LogP contribution in [0.1, 0.15) is 233 Å². The van der Waals surface area contributed by atoms with Gasteiger partial charge in [-0.05, 0) is 104 Å². The van der Waals surface area contributed by atoms with Gasteiger partial charge in [-0.3, -0.25) is 9.59 Å². The summed E-state index contributed by atoms with van der Waals surface area (Å²) in [6.45, 7) is 13.4. The van der Waals surface area contributed by atoms with Gasteiger partial charge < -0.3 is 19.5 Å². The van der Waals surface area contributed by atoms with Crippen LogP contribution in [0.15, 0.2) is 12.2 Å². The summed E-state index contributed by atoms with van der Waals surface area (Å²) in [6, 6.07) is 0. The molecule has 0 aromatic carbocycles. The van der Waals surface area contributed by atoms with Crippen molar-refractivity contribution in [3.05, 3.63) is 12.2 Å². The Morgan fingerprint density at radius 3 is 1.26 bits per heavy atom. The van der Waals surface area contributed by atoms with Crippen LogP contribution in [-0.4, -0.2) is 61.4 Å². The number of carbonyl (C=O) groups is 2. The molecule has 0 heterocycles. The number of carbonyl (C=O) groups excluding carboxylic acids is 2. The molecule has 1 N–H and O–H groups in total. The van der Waals surface area contributed by atoms with E-state index in [0.717, 1.165) is 142 Å². The van der Waals surface area contributed by atoms with E-state index < -0.39 is 0 Å². The van der Waals surface area contributed by atoms with Gasteiger partial charge in [0.15, 0.2) is 0 Å². The number of nitrogens with zero attached hydrogens (tertiary/aromatic N) is 1. The van der Waals surface area contributed by atoms with Gasteiger partial charge in [0.05, 0.1) is 25.0 Å². The predicted molar refractivity (Wildman–Crippen MR) is 232 cm³/mol. The zero-order valence-corrected chi connectivity index (χ0v) is 36.7. The third-order valence-corrected chi connectivity index (χ3v) is 11.2. The molecule has 0 rings (SSSR count). The van der Waals surface area contributed by atoms with Crippen molar-refractivity contribution in [1.82, 2.24) is 4.90 Å². The Hall–Kier alpha value is -1.40. The first kappa shape index (κ1) is 52.6. The first-order valence-corrected chi connectivity index (χ1v) is 23.8. The van der Waals surface area contributed by atoms with Crippen LogP contribution in [0.25, 0.3) is 0 Å². The van der Waals surface area contributed by atoms with E-state index in [9.17, 15) is 14.7 Å². The lowest BCUT2D eigenvalue weighted by atomic mass is 9.94. The fraction of sp³-hybridized carbons (Fsp3) is 0.917. The van der Waals surface area contributed by atoms with Crippen LogP contribution >= 0.6 is 0 Å². The first-order valence-electron chi connectivity index (χ1n) is 23.8. The van der Waals surface area contributed by atoms with Crippen LogP contribution in [0.5, 0.6) is 0 Å². The summed E-state index contributed by atoms with van der Waals surface area (Å²) in [4.78, 5) is 28.5. The van der Waals surface area contributed by atoms with E-state index in [0.29, 0.717) is 13.2 Å². The molecular formula is C48H93NO5. The van der Waals surface area contributed by atoms with Crippen LogP contribution in [0, 0.1) is 11.8 Å². The van der Waals surface area contributed by atoms with Gasteiger partial charge in [-0.15, -0.1) is 0 Å². The molecule has 0 aromatic heterocycles. The van der Waals surface area contributed by atoms with E-state index in [1.807, 2.05) is 0 Å². The number of aliphatic hydroxyl groups is 1. The molecule has 0 saturated carbocycles. The van der Waals surface area contributed by atoms with E-state index >= 15 is 0 Å². The lowest BCUT2D eigenvalue weighted by Crippen LogP contribution is -2.27. The minimum Gasteiger partial charge on any atom is -0.465 e. The second-order valence-electron chi connectivity index (χ2n) is 16.3. The monoisotopic (exact) mass is 764 g/mol. The number of aliphatic hydroxyl groups excluding tert-OH is 1. The van der Waals surface area contributed by atoms with Crippen molar-refractivity contribution in [3.63, 3.8) is 0 Å². The molecule has 0 amide bonds. The molecular weight excluding hydrogens is 671 g/mol. The van der Waals surface area contributed by atoms with Crippen LogP contribution in [0.4, 0.5) is 0 Å². The smallest absolute Gasteiger partial charge is 0.308 e. The number of allylic oxidation sites excluding steroid dienone is 2. The number of esters is 2. The predicted octanol–water partition coefficient (Wildman–Crippen LogP) is 13.7. The van der Waals surface area contributed by atoms with E-state index in [4.69, 9.17) is 9.47 Å². The van der Waals surface area contributed by atoms with Crippen molar-refractivity contribution in [2.45, 2.75) is 233 Å². The average molecular weight is 764 g/mol. The minimum atomic E-state index is 0.0303. The van der Waals surface area contributed by atoms with E-state index in [2.05, 4.69) is 44.7 Å². The fourth-order valence-corrected chi connectivity index (χ4v) is 7.51. The fourth-order valence-electron chi connectivity index (χ4n) is 7.51. The van der Waals surface area contributed by atoms with Gasteiger partial charge in [-0.1, -0.05) is 161 Å². The van der Waals surface area contributed by atoms with Crippen LogP contribution in [0.2, 0.25) is 0 Å². The molecule has 0 aliphatic rings. The van der Waals surface area contributed by atoms with Gasteiger partial charge in [-0.2, -0.15) is 0 Å². The number of ether oxygens (including phenoxy) is 2. The van der Waals surface area contributed by atoms with Gasteiger partial charge in [0.2, 0.25) is 0 Å². The molecule has 0 spiro atoms. The Labute approximate surface area is 336 Å². The van der Waals surface area contributed by atoms with Crippen molar-refractivity contribution in [2.75, 3.05) is 39.5 Å². The quantitative estimate of drug-likeness (QED) is 0.0379. The summed E-state index contributed by atoms with van der Waals surface area (Å²) in [7, 11) is 0. The normalized spacial score (nSPS) is 12.9. The molecule has 320 valence electrons. The SMILES string of the molecule is C/C=C/CCCC(CCCCCCCC)C(=O)OCCCCCCN(CCCCO)CCCCCCOC(=O)C(CCCCCC)CCCCCCCC. The third-order valence-electron chi connectivity index (χ3n) is 11.2. The van der Waals surface area contributed by atoms with Crippen molar-refractivity contribution in [2.24, 2.45) is 11.8 Å². The van der Waals surface area contributed by atoms with E-state index in [1.165, 1.54) is 83.5 Å². The van der Waals surface area contributed by atoms with Crippen molar-refractivity contribution < 1.29 is 24.2 Å². The highest BCUT2D eigenvalue weighted by Crippen LogP contribution is 2.22. The lowest BCUT2D eigenvalue weighted by molar-refractivity contribution is -0.150. The number of rotatable bonds is 43. The Morgan fingerprint density at radius 1 is 0.481 bits per heavy atom. The highest BCUT2D eigenvalue weighted by Gasteiger charge is 2.20. The zero-order valence-electron chi connectivity index (χ0n) is 36.7. The standard InChI is InChI=1S/C48H93NO5/c1-5-9-13-17-19-27-37-45(35-25-15-11-7-3)47(51)53-43-33-23-21-29-39-49(41-31-32-42-50)40-30-22-24-34-44-54-48(52)46(36-26-16-12-8-4)38-28-20-18-14-10-6-2/h7,11,45-46,50H,5-6,8-10,12-44H2,1-4H3/b11-7+. The van der Waals surface area contributed by atoms with E-state index in [-0.39, 0.29) is 30.4 Å². The maximum atomic E-state index is 13.0. The Morgan fingerprint density at radius 2 is 0.833 bits per heavy atom. The molecule has 0 bridgehead atoms. The summed E-state index contributed by atoms with van der Waals surface area (Å²) in [6.07, 6.45) is 40.9. The van der Waals surface area contributed by atoms with E-state index in [1.54, 1.807) is 0 Å². The van der Waals surface area contributed by atoms with Crippen LogP contribution in [-0.2, 0) is 19.1 Å². The Balaban J connectivity index is 4.37. The molecule has 2 unspecified atom stereocenters. The second-order valence-corrected chi connectivity index (χ2v) is 16.3. The van der Waals surface area contributed by atoms with Gasteiger partial charge in [0, 0.05) is 6.61 Å². The van der Waals surface area contributed by atoms with Crippen molar-refractivity contribution in [1.29, 1.82) is 0 Å². The van der Waals surface area contributed by atoms with Gasteiger partial charge >= 0.3 is 11.9 Å². The second kappa shape index (κ2) is 42.7. The number of hydrogen-bond acceptors (Lipinski definition) is 6. The minimum absolute atomic E-state index is 0.0303. The molecule has 2 atom stereocenters. The lowest BCUT2D eigenvalue weighted by Gasteiger charge is -2.22. The maximum Gasteiger partial charge on any atom is 0.308 e. The molecule has 54 heavy (non-hydrogen) atoms. The topological polar surface area (TPSA) is 76.1 Å². The summed E-state index contributed by atoms with van der Waals surface area (Å²) < 4.78 is 11.6.